The van der Waals surface area contributed by atoms with Crippen LogP contribution < -0.4 is 5.73 Å². The van der Waals surface area contributed by atoms with Crippen molar-refractivity contribution in [3.63, 3.8) is 0 Å². The summed E-state index contributed by atoms with van der Waals surface area (Å²) >= 11 is 0. The largest absolute Gasteiger partial charge is 0.469 e. The van der Waals surface area contributed by atoms with Crippen molar-refractivity contribution in [1.82, 2.24) is 0 Å². The zero-order valence-corrected chi connectivity index (χ0v) is 11.1. The van der Waals surface area contributed by atoms with Crippen LogP contribution in [0.3, 0.4) is 0 Å². The number of methoxy groups -OCH3 is 1. The van der Waals surface area contributed by atoms with Gasteiger partial charge in [0.1, 0.15) is 6.10 Å². The minimum Gasteiger partial charge on any atom is -0.469 e. The summed E-state index contributed by atoms with van der Waals surface area (Å²) in [6.07, 6.45) is -0.851. The van der Waals surface area contributed by atoms with Crippen LogP contribution in [0.1, 0.15) is 30.1 Å². The van der Waals surface area contributed by atoms with Crippen molar-refractivity contribution in [3.05, 3.63) is 35.4 Å². The van der Waals surface area contributed by atoms with Crippen LogP contribution >= 0.6 is 0 Å². The first kappa shape index (κ1) is 15.6. The fourth-order valence-corrected chi connectivity index (χ4v) is 1.93. The first-order valence-electron chi connectivity index (χ1n) is 6.31. The second kappa shape index (κ2) is 7.89. The quantitative estimate of drug-likeness (QED) is 0.627. The Hall–Kier alpha value is -1.43. The minimum atomic E-state index is -0.989. The number of nitrogens with two attached hydrogens (primary N) is 1. The molecule has 2 atom stereocenters. The first-order valence-corrected chi connectivity index (χ1v) is 6.31. The van der Waals surface area contributed by atoms with Crippen molar-refractivity contribution in [2.45, 2.75) is 31.5 Å². The van der Waals surface area contributed by atoms with E-state index in [-0.39, 0.29) is 12.4 Å². The van der Waals surface area contributed by atoms with Gasteiger partial charge in [0.2, 0.25) is 0 Å². The Labute approximate surface area is 113 Å². The van der Waals surface area contributed by atoms with Gasteiger partial charge in [-0.15, -0.1) is 0 Å². The number of carbonyl (C=O) groups is 1. The van der Waals surface area contributed by atoms with Gasteiger partial charge in [0.25, 0.3) is 0 Å². The summed E-state index contributed by atoms with van der Waals surface area (Å²) in [7, 11) is 1.34. The van der Waals surface area contributed by atoms with E-state index in [1.165, 1.54) is 7.11 Å². The maximum Gasteiger partial charge on any atom is 0.305 e. The number of benzene rings is 1. The number of ether oxygens (including phenoxy) is 1. The Morgan fingerprint density at radius 3 is 2.68 bits per heavy atom. The molecule has 1 aromatic carbocycles. The lowest BCUT2D eigenvalue weighted by molar-refractivity contribution is -0.140. The first-order chi connectivity index (χ1) is 9.10. The van der Waals surface area contributed by atoms with E-state index in [1.54, 1.807) is 12.1 Å². The van der Waals surface area contributed by atoms with Crippen LogP contribution in [-0.4, -0.2) is 35.9 Å². The van der Waals surface area contributed by atoms with Crippen molar-refractivity contribution in [2.24, 2.45) is 5.73 Å². The number of hydrogen-bond donors (Lipinski definition) is 3. The molecule has 106 valence electrons. The fourth-order valence-electron chi connectivity index (χ4n) is 1.93. The van der Waals surface area contributed by atoms with Crippen molar-refractivity contribution < 1.29 is 19.7 Å². The van der Waals surface area contributed by atoms with Crippen LogP contribution in [0.2, 0.25) is 0 Å². The minimum absolute atomic E-state index is 0.243. The average molecular weight is 267 g/mol. The lowest BCUT2D eigenvalue weighted by Crippen LogP contribution is -2.22. The Bertz CT molecular complexity index is 408. The third-order valence-electron chi connectivity index (χ3n) is 3.03. The maximum atomic E-state index is 11.2. The van der Waals surface area contributed by atoms with Crippen LogP contribution in [0, 0.1) is 0 Å². The van der Waals surface area contributed by atoms with Gasteiger partial charge in [-0.3, -0.25) is 4.79 Å². The van der Waals surface area contributed by atoms with Crippen LogP contribution in [0.4, 0.5) is 0 Å². The summed E-state index contributed by atoms with van der Waals surface area (Å²) in [6.45, 7) is 0.308. The molecule has 2 unspecified atom stereocenters. The molecular weight excluding hydrogens is 246 g/mol. The van der Waals surface area contributed by atoms with Crippen molar-refractivity contribution in [1.29, 1.82) is 0 Å². The fraction of sp³-hybridized carbons (Fsp3) is 0.500. The maximum absolute atomic E-state index is 11.2. The SMILES string of the molecule is COC(=O)CCc1ccccc1C(O)C(O)CCN. The summed E-state index contributed by atoms with van der Waals surface area (Å²) < 4.78 is 4.59. The highest BCUT2D eigenvalue weighted by Crippen LogP contribution is 2.23. The predicted molar refractivity (Wildman–Crippen MR) is 71.4 cm³/mol. The third kappa shape index (κ3) is 4.63. The third-order valence-corrected chi connectivity index (χ3v) is 3.03. The Balaban J connectivity index is 2.80. The number of hydrogen-bond acceptors (Lipinski definition) is 5. The molecule has 0 heterocycles. The van der Waals surface area contributed by atoms with Crippen LogP contribution in [-0.2, 0) is 16.0 Å². The van der Waals surface area contributed by atoms with E-state index in [1.807, 2.05) is 12.1 Å². The molecule has 0 amide bonds. The van der Waals surface area contributed by atoms with Crippen LogP contribution in [0.15, 0.2) is 24.3 Å². The molecule has 4 N–H and O–H groups in total. The molecule has 0 fully saturated rings. The summed E-state index contributed by atoms with van der Waals surface area (Å²) in [6, 6.07) is 7.20. The number of carbonyl (C=O) groups excluding carboxylic acids is 1. The Morgan fingerprint density at radius 2 is 2.05 bits per heavy atom. The molecule has 0 aliphatic carbocycles. The predicted octanol–water partition coefficient (Wildman–Crippen LogP) is 0.535. The van der Waals surface area contributed by atoms with Gasteiger partial charge in [0.05, 0.1) is 13.2 Å². The van der Waals surface area contributed by atoms with Gasteiger partial charge < -0.3 is 20.7 Å². The van der Waals surface area contributed by atoms with Gasteiger partial charge in [0, 0.05) is 6.42 Å². The van der Waals surface area contributed by atoms with Crippen molar-refractivity contribution in [3.8, 4) is 0 Å². The molecule has 0 saturated heterocycles. The van der Waals surface area contributed by atoms with E-state index in [9.17, 15) is 15.0 Å². The molecule has 5 heteroatoms. The zero-order valence-electron chi connectivity index (χ0n) is 11.1. The van der Waals surface area contributed by atoms with Gasteiger partial charge in [-0.1, -0.05) is 24.3 Å². The highest BCUT2D eigenvalue weighted by atomic mass is 16.5. The molecule has 1 aromatic rings. The monoisotopic (exact) mass is 267 g/mol. The molecule has 0 aliphatic heterocycles. The van der Waals surface area contributed by atoms with Gasteiger partial charge in [-0.25, -0.2) is 0 Å². The highest BCUT2D eigenvalue weighted by Gasteiger charge is 2.20. The number of aryl methyl sites for hydroxylation is 1. The zero-order chi connectivity index (χ0) is 14.3. The molecular formula is C14H21NO4. The lowest BCUT2D eigenvalue weighted by Gasteiger charge is -2.20. The molecule has 19 heavy (non-hydrogen) atoms. The van der Waals surface area contributed by atoms with Crippen molar-refractivity contribution >= 4 is 5.97 Å². The molecule has 5 nitrogen and oxygen atoms in total. The smallest absolute Gasteiger partial charge is 0.305 e. The van der Waals surface area contributed by atoms with E-state index in [4.69, 9.17) is 5.73 Å². The van der Waals surface area contributed by atoms with Crippen LogP contribution in [0.5, 0.6) is 0 Å². The molecule has 0 aromatic heterocycles. The van der Waals surface area contributed by atoms with E-state index >= 15 is 0 Å². The van der Waals surface area contributed by atoms with Gasteiger partial charge >= 0.3 is 5.97 Å². The molecule has 1 rings (SSSR count). The molecule has 0 aliphatic rings. The lowest BCUT2D eigenvalue weighted by atomic mass is 9.94. The van der Waals surface area contributed by atoms with Crippen LogP contribution in [0.25, 0.3) is 0 Å². The molecule has 0 bridgehead atoms. The molecule has 0 radical (unpaired) electrons. The summed E-state index contributed by atoms with van der Waals surface area (Å²) in [5, 5.41) is 19.9. The number of aliphatic hydroxyl groups is 2. The molecule has 0 saturated carbocycles. The summed E-state index contributed by atoms with van der Waals surface area (Å²) in [5.74, 6) is -0.299. The van der Waals surface area contributed by atoms with Gasteiger partial charge in [-0.05, 0) is 30.5 Å². The summed E-state index contributed by atoms with van der Waals surface area (Å²) in [4.78, 5) is 11.2. The Morgan fingerprint density at radius 1 is 1.37 bits per heavy atom. The van der Waals surface area contributed by atoms with Gasteiger partial charge in [-0.2, -0.15) is 0 Å². The normalized spacial score (nSPS) is 13.9. The number of esters is 1. The Kier molecular flexibility index (Phi) is 6.49. The van der Waals surface area contributed by atoms with E-state index < -0.39 is 12.2 Å². The topological polar surface area (TPSA) is 92.8 Å². The van der Waals surface area contributed by atoms with Crippen molar-refractivity contribution in [2.75, 3.05) is 13.7 Å². The van der Waals surface area contributed by atoms with E-state index in [2.05, 4.69) is 4.74 Å². The number of aliphatic hydroxyl groups excluding tert-OH is 2. The van der Waals surface area contributed by atoms with Gasteiger partial charge in [0.15, 0.2) is 0 Å². The average Bonchev–Trinajstić information content (AvgIpc) is 2.44. The number of rotatable bonds is 7. The summed E-state index contributed by atoms with van der Waals surface area (Å²) in [5.41, 5.74) is 6.83. The van der Waals surface area contributed by atoms with E-state index in [0.29, 0.717) is 24.9 Å². The second-order valence-corrected chi connectivity index (χ2v) is 4.36. The van der Waals surface area contributed by atoms with E-state index in [0.717, 1.165) is 5.56 Å². The molecule has 0 spiro atoms. The standard InChI is InChI=1S/C14H21NO4/c1-19-13(17)7-6-10-4-2-3-5-11(10)14(18)12(16)8-9-15/h2-5,12,14,16,18H,6-9,15H2,1H3. The highest BCUT2D eigenvalue weighted by molar-refractivity contribution is 5.69. The second-order valence-electron chi connectivity index (χ2n) is 4.36.